The number of aryl methyl sites for hydroxylation is 1. The number of nitro groups is 1. The Morgan fingerprint density at radius 2 is 2.50 bits per heavy atom. The van der Waals surface area contributed by atoms with Crippen molar-refractivity contribution in [2.45, 2.75) is 25.0 Å². The summed E-state index contributed by atoms with van der Waals surface area (Å²) in [4.78, 5) is 10.4. The summed E-state index contributed by atoms with van der Waals surface area (Å²) in [7, 11) is 1.71. The van der Waals surface area contributed by atoms with Gasteiger partial charge in [0.1, 0.15) is 18.0 Å². The quantitative estimate of drug-likeness (QED) is 0.366. The molecular formula is C9H12IN3O3. The van der Waals surface area contributed by atoms with Crippen LogP contribution in [-0.2, 0) is 11.8 Å². The topological polar surface area (TPSA) is 70.2 Å². The van der Waals surface area contributed by atoms with E-state index >= 15 is 0 Å². The van der Waals surface area contributed by atoms with E-state index in [9.17, 15) is 10.1 Å². The van der Waals surface area contributed by atoms with Crippen LogP contribution in [0.1, 0.15) is 24.6 Å². The number of alkyl halides is 1. The van der Waals surface area contributed by atoms with Crippen molar-refractivity contribution in [3.8, 4) is 0 Å². The molecule has 1 aromatic rings. The van der Waals surface area contributed by atoms with Crippen LogP contribution in [0, 0.1) is 10.1 Å². The first-order chi connectivity index (χ1) is 7.63. The van der Waals surface area contributed by atoms with Crippen LogP contribution < -0.4 is 0 Å². The van der Waals surface area contributed by atoms with Gasteiger partial charge in [0, 0.05) is 11.5 Å². The van der Waals surface area contributed by atoms with Crippen LogP contribution in [-0.4, -0.2) is 25.2 Å². The van der Waals surface area contributed by atoms with Crippen LogP contribution in [0.4, 0.5) is 5.69 Å². The highest BCUT2D eigenvalue weighted by Crippen LogP contribution is 2.37. The minimum absolute atomic E-state index is 0.0570. The average molecular weight is 337 g/mol. The third-order valence-corrected chi connectivity index (χ3v) is 3.73. The van der Waals surface area contributed by atoms with Crippen LogP contribution in [0.5, 0.6) is 0 Å². The van der Waals surface area contributed by atoms with E-state index in [1.807, 2.05) is 0 Å². The molecule has 1 aliphatic heterocycles. The highest BCUT2D eigenvalue weighted by atomic mass is 127. The number of nitrogens with zero attached hydrogens (tertiary/aromatic N) is 3. The highest BCUT2D eigenvalue weighted by molar-refractivity contribution is 14.1. The van der Waals surface area contributed by atoms with Crippen LogP contribution in [0.3, 0.4) is 0 Å². The van der Waals surface area contributed by atoms with Crippen molar-refractivity contribution in [2.75, 3.05) is 4.43 Å². The largest absolute Gasteiger partial charge is 0.368 e. The number of aromatic nitrogens is 2. The molecule has 2 rings (SSSR count). The molecule has 0 unspecified atom stereocenters. The van der Waals surface area contributed by atoms with Gasteiger partial charge in [-0.25, -0.2) is 0 Å². The molecular weight excluding hydrogens is 325 g/mol. The Morgan fingerprint density at radius 1 is 1.75 bits per heavy atom. The van der Waals surface area contributed by atoms with E-state index in [1.165, 1.54) is 6.20 Å². The van der Waals surface area contributed by atoms with Crippen molar-refractivity contribution >= 4 is 28.3 Å². The molecule has 6 nitrogen and oxygen atoms in total. The zero-order valence-corrected chi connectivity index (χ0v) is 11.0. The predicted molar refractivity (Wildman–Crippen MR) is 65.6 cm³/mol. The molecule has 16 heavy (non-hydrogen) atoms. The summed E-state index contributed by atoms with van der Waals surface area (Å²) in [6, 6.07) is 0. The smallest absolute Gasteiger partial charge is 0.312 e. The van der Waals surface area contributed by atoms with Gasteiger partial charge in [-0.3, -0.25) is 14.8 Å². The first-order valence-corrected chi connectivity index (χ1v) is 6.53. The van der Waals surface area contributed by atoms with Crippen LogP contribution >= 0.6 is 22.6 Å². The fourth-order valence-electron chi connectivity index (χ4n) is 1.97. The van der Waals surface area contributed by atoms with Gasteiger partial charge in [0.15, 0.2) is 0 Å². The van der Waals surface area contributed by atoms with E-state index in [2.05, 4.69) is 27.7 Å². The molecule has 2 atom stereocenters. The highest BCUT2D eigenvalue weighted by Gasteiger charge is 2.33. The van der Waals surface area contributed by atoms with Crippen molar-refractivity contribution in [3.63, 3.8) is 0 Å². The number of halogens is 1. The maximum Gasteiger partial charge on any atom is 0.312 e. The molecule has 1 fully saturated rings. The first-order valence-electron chi connectivity index (χ1n) is 5.01. The van der Waals surface area contributed by atoms with Gasteiger partial charge in [-0.1, -0.05) is 22.6 Å². The molecule has 0 N–H and O–H groups in total. The Balaban J connectivity index is 2.26. The molecule has 0 radical (unpaired) electrons. The Morgan fingerprint density at radius 3 is 3.06 bits per heavy atom. The van der Waals surface area contributed by atoms with Gasteiger partial charge >= 0.3 is 5.69 Å². The fourth-order valence-corrected chi connectivity index (χ4v) is 2.62. The molecule has 1 saturated heterocycles. The molecule has 1 aliphatic rings. The summed E-state index contributed by atoms with van der Waals surface area (Å²) in [5, 5.41) is 14.8. The predicted octanol–water partition coefficient (Wildman–Crippen LogP) is 1.98. The van der Waals surface area contributed by atoms with Crippen LogP contribution in [0.15, 0.2) is 6.20 Å². The Bertz CT molecular complexity index is 407. The third kappa shape index (κ3) is 2.05. The monoisotopic (exact) mass is 337 g/mol. The Kier molecular flexibility index (Phi) is 3.43. The van der Waals surface area contributed by atoms with Gasteiger partial charge in [-0.15, -0.1) is 0 Å². The molecule has 0 aliphatic carbocycles. The first kappa shape index (κ1) is 11.8. The molecule has 1 aromatic heterocycles. The van der Waals surface area contributed by atoms with Gasteiger partial charge < -0.3 is 4.74 Å². The standard InChI is InChI=1S/C9H12IN3O3/c1-12-9(7(5-11-12)13(14)15)8-3-2-6(4-10)16-8/h5-6,8H,2-4H2,1H3/t6-,8-/m1/s1. The summed E-state index contributed by atoms with van der Waals surface area (Å²) >= 11 is 2.27. The maximum absolute atomic E-state index is 10.8. The van der Waals surface area contributed by atoms with Gasteiger partial charge in [0.05, 0.1) is 11.0 Å². The van der Waals surface area contributed by atoms with Crippen molar-refractivity contribution in [1.29, 1.82) is 0 Å². The summed E-state index contributed by atoms with van der Waals surface area (Å²) < 4.78 is 8.21. The molecule has 0 spiro atoms. The summed E-state index contributed by atoms with van der Waals surface area (Å²) in [6.07, 6.45) is 3.09. The minimum Gasteiger partial charge on any atom is -0.368 e. The molecule has 0 saturated carbocycles. The summed E-state index contributed by atoms with van der Waals surface area (Å²) in [5.41, 5.74) is 0.638. The van der Waals surface area contributed by atoms with E-state index in [0.29, 0.717) is 5.69 Å². The van der Waals surface area contributed by atoms with E-state index in [-0.39, 0.29) is 17.9 Å². The average Bonchev–Trinajstić information content (AvgIpc) is 2.83. The van der Waals surface area contributed by atoms with E-state index in [4.69, 9.17) is 4.74 Å². The molecule has 88 valence electrons. The van der Waals surface area contributed by atoms with Crippen molar-refractivity contribution < 1.29 is 9.66 Å². The number of ether oxygens (including phenoxy) is 1. The van der Waals surface area contributed by atoms with E-state index in [1.54, 1.807) is 11.7 Å². The summed E-state index contributed by atoms with van der Waals surface area (Å²) in [6.45, 7) is 0. The van der Waals surface area contributed by atoms with Gasteiger partial charge in [-0.2, -0.15) is 5.10 Å². The van der Waals surface area contributed by atoms with Crippen molar-refractivity contribution in [1.82, 2.24) is 9.78 Å². The zero-order valence-electron chi connectivity index (χ0n) is 8.80. The van der Waals surface area contributed by atoms with Crippen molar-refractivity contribution in [2.24, 2.45) is 7.05 Å². The SMILES string of the molecule is Cn1ncc([N+](=O)[O-])c1[C@H]1CC[C@H](CI)O1. The number of hydrogen-bond donors (Lipinski definition) is 0. The maximum atomic E-state index is 10.8. The molecule has 0 aromatic carbocycles. The van der Waals surface area contributed by atoms with Crippen LogP contribution in [0.25, 0.3) is 0 Å². The lowest BCUT2D eigenvalue weighted by Crippen LogP contribution is -2.11. The second-order valence-electron chi connectivity index (χ2n) is 3.77. The van der Waals surface area contributed by atoms with Gasteiger partial charge in [0.2, 0.25) is 0 Å². The van der Waals surface area contributed by atoms with Crippen LogP contribution in [0.2, 0.25) is 0 Å². The second kappa shape index (κ2) is 4.66. The Hall–Kier alpha value is -0.700. The third-order valence-electron chi connectivity index (χ3n) is 2.75. The zero-order chi connectivity index (χ0) is 11.7. The van der Waals surface area contributed by atoms with E-state index in [0.717, 1.165) is 17.3 Å². The molecule has 2 heterocycles. The fraction of sp³-hybridized carbons (Fsp3) is 0.667. The molecule has 7 heteroatoms. The van der Waals surface area contributed by atoms with E-state index < -0.39 is 4.92 Å². The number of rotatable bonds is 3. The molecule has 0 amide bonds. The summed E-state index contributed by atoms with van der Waals surface area (Å²) in [5.74, 6) is 0. The second-order valence-corrected chi connectivity index (χ2v) is 4.65. The van der Waals surface area contributed by atoms with Gasteiger partial charge in [0.25, 0.3) is 0 Å². The minimum atomic E-state index is -0.400. The number of hydrogen-bond acceptors (Lipinski definition) is 4. The van der Waals surface area contributed by atoms with Crippen molar-refractivity contribution in [3.05, 3.63) is 22.0 Å². The molecule has 0 bridgehead atoms. The Labute approximate surface area is 106 Å². The lowest BCUT2D eigenvalue weighted by atomic mass is 10.1. The van der Waals surface area contributed by atoms with Gasteiger partial charge in [-0.05, 0) is 12.8 Å². The lowest BCUT2D eigenvalue weighted by molar-refractivity contribution is -0.386. The normalized spacial score (nSPS) is 24.9. The lowest BCUT2D eigenvalue weighted by Gasteiger charge is -2.11.